The van der Waals surface area contributed by atoms with Crippen LogP contribution in [-0.2, 0) is 4.79 Å². The van der Waals surface area contributed by atoms with Crippen LogP contribution in [-0.4, -0.2) is 15.9 Å². The van der Waals surface area contributed by atoms with Crippen molar-refractivity contribution < 1.29 is 9.18 Å². The average Bonchev–Trinajstić information content (AvgIpc) is 3.10. The Morgan fingerprint density at radius 1 is 1.07 bits per heavy atom. The van der Waals surface area contributed by atoms with Crippen LogP contribution in [0.3, 0.4) is 0 Å². The second-order valence-corrected chi connectivity index (χ2v) is 7.64. The molecule has 0 fully saturated rings. The maximum atomic E-state index is 13.1. The van der Waals surface area contributed by atoms with Gasteiger partial charge < -0.3 is 10.3 Å². The summed E-state index contributed by atoms with van der Waals surface area (Å²) in [6, 6.07) is 20.5. The Bertz CT molecular complexity index is 1120. The van der Waals surface area contributed by atoms with Crippen molar-refractivity contribution in [2.24, 2.45) is 0 Å². The van der Waals surface area contributed by atoms with Crippen LogP contribution in [0.25, 0.3) is 11.0 Å². The van der Waals surface area contributed by atoms with E-state index in [0.717, 1.165) is 16.6 Å². The van der Waals surface area contributed by atoms with E-state index in [9.17, 15) is 9.18 Å². The van der Waals surface area contributed by atoms with Crippen LogP contribution in [0.15, 0.2) is 78.0 Å². The molecule has 28 heavy (non-hydrogen) atoms. The van der Waals surface area contributed by atoms with Crippen LogP contribution < -0.4 is 5.32 Å². The largest absolute Gasteiger partial charge is 0.333 e. The minimum Gasteiger partial charge on any atom is -0.333 e. The number of aromatic amines is 1. The van der Waals surface area contributed by atoms with E-state index in [1.54, 1.807) is 12.1 Å². The Kier molecular flexibility index (Phi) is 5.32. The molecule has 0 aliphatic heterocycles. The van der Waals surface area contributed by atoms with E-state index < -0.39 is 5.25 Å². The van der Waals surface area contributed by atoms with Gasteiger partial charge in [0, 0.05) is 10.7 Å². The summed E-state index contributed by atoms with van der Waals surface area (Å²) < 4.78 is 13.1. The van der Waals surface area contributed by atoms with Crippen LogP contribution in [0, 0.1) is 5.82 Å². The summed E-state index contributed by atoms with van der Waals surface area (Å²) in [6.45, 7) is 0. The molecule has 3 aromatic carbocycles. The molecule has 1 atom stereocenters. The number of anilines is 1. The molecule has 1 aromatic heterocycles. The van der Waals surface area contributed by atoms with E-state index in [2.05, 4.69) is 15.3 Å². The van der Waals surface area contributed by atoms with Crippen LogP contribution in [0.1, 0.15) is 10.8 Å². The van der Waals surface area contributed by atoms with Crippen LogP contribution >= 0.6 is 23.4 Å². The lowest BCUT2D eigenvalue weighted by atomic mass is 10.1. The fourth-order valence-electron chi connectivity index (χ4n) is 2.77. The lowest BCUT2D eigenvalue weighted by molar-refractivity contribution is -0.115. The van der Waals surface area contributed by atoms with Gasteiger partial charge >= 0.3 is 0 Å². The zero-order chi connectivity index (χ0) is 19.5. The molecule has 0 bridgehead atoms. The number of H-pyrrole nitrogens is 1. The van der Waals surface area contributed by atoms with E-state index in [1.165, 1.54) is 36.0 Å². The zero-order valence-corrected chi connectivity index (χ0v) is 16.1. The zero-order valence-electron chi connectivity index (χ0n) is 14.5. The number of fused-ring (bicyclic) bond motifs is 1. The van der Waals surface area contributed by atoms with Gasteiger partial charge in [0.1, 0.15) is 11.1 Å². The van der Waals surface area contributed by atoms with E-state index >= 15 is 0 Å². The molecule has 0 radical (unpaired) electrons. The Hall–Kier alpha value is -2.83. The van der Waals surface area contributed by atoms with Crippen molar-refractivity contribution in [1.82, 2.24) is 9.97 Å². The maximum absolute atomic E-state index is 13.1. The highest BCUT2D eigenvalue weighted by molar-refractivity contribution is 8.00. The van der Waals surface area contributed by atoms with Gasteiger partial charge in [-0.05, 0) is 48.0 Å². The van der Waals surface area contributed by atoms with Crippen LogP contribution in [0.5, 0.6) is 0 Å². The molecule has 0 spiro atoms. The molecule has 7 heteroatoms. The average molecular weight is 412 g/mol. The molecule has 1 amide bonds. The Morgan fingerprint density at radius 2 is 1.82 bits per heavy atom. The molecular formula is C21H15ClFN3OS. The Morgan fingerprint density at radius 3 is 2.57 bits per heavy atom. The quantitative estimate of drug-likeness (QED) is 0.406. The van der Waals surface area contributed by atoms with Crippen molar-refractivity contribution in [3.8, 4) is 0 Å². The monoisotopic (exact) mass is 411 g/mol. The van der Waals surface area contributed by atoms with E-state index in [0.29, 0.717) is 15.9 Å². The summed E-state index contributed by atoms with van der Waals surface area (Å²) in [5.41, 5.74) is 2.95. The van der Waals surface area contributed by atoms with Gasteiger partial charge in [0.15, 0.2) is 5.16 Å². The predicted molar refractivity (Wildman–Crippen MR) is 111 cm³/mol. The highest BCUT2D eigenvalue weighted by Gasteiger charge is 2.24. The van der Waals surface area contributed by atoms with Gasteiger partial charge in [0.05, 0.1) is 11.0 Å². The van der Waals surface area contributed by atoms with Crippen molar-refractivity contribution in [2.75, 3.05) is 5.32 Å². The SMILES string of the molecule is O=C(Nc1ccc(F)cc1)[C@@H](Sc1nc2ccc(Cl)cc2[nH]1)c1ccccc1. The number of nitrogens with zero attached hydrogens (tertiary/aromatic N) is 1. The molecule has 0 saturated heterocycles. The highest BCUT2D eigenvalue weighted by atomic mass is 35.5. The molecule has 0 unspecified atom stereocenters. The Balaban J connectivity index is 1.62. The van der Waals surface area contributed by atoms with Crippen molar-refractivity contribution >= 4 is 46.0 Å². The normalized spacial score (nSPS) is 12.1. The number of benzene rings is 3. The third-order valence-electron chi connectivity index (χ3n) is 4.10. The minimum absolute atomic E-state index is 0.221. The van der Waals surface area contributed by atoms with Crippen molar-refractivity contribution in [1.29, 1.82) is 0 Å². The lowest BCUT2D eigenvalue weighted by Crippen LogP contribution is -2.19. The first-order chi connectivity index (χ1) is 13.6. The number of aromatic nitrogens is 2. The number of carbonyl (C=O) groups excluding carboxylic acids is 1. The summed E-state index contributed by atoms with van der Waals surface area (Å²) in [5.74, 6) is -0.575. The number of imidazole rings is 1. The van der Waals surface area contributed by atoms with Gasteiger partial charge in [-0.1, -0.05) is 53.7 Å². The number of rotatable bonds is 5. The van der Waals surface area contributed by atoms with E-state index in [1.807, 2.05) is 36.4 Å². The summed E-state index contributed by atoms with van der Waals surface area (Å²) in [7, 11) is 0. The number of hydrogen-bond acceptors (Lipinski definition) is 3. The van der Waals surface area contributed by atoms with Crippen molar-refractivity contribution in [3.05, 3.63) is 89.2 Å². The summed E-state index contributed by atoms with van der Waals surface area (Å²) in [5, 5.41) is 3.53. The molecule has 4 rings (SSSR count). The maximum Gasteiger partial charge on any atom is 0.242 e. The number of carbonyl (C=O) groups is 1. The molecule has 4 nitrogen and oxygen atoms in total. The molecule has 0 aliphatic carbocycles. The van der Waals surface area contributed by atoms with Crippen molar-refractivity contribution in [2.45, 2.75) is 10.4 Å². The van der Waals surface area contributed by atoms with Crippen LogP contribution in [0.4, 0.5) is 10.1 Å². The van der Waals surface area contributed by atoms with Gasteiger partial charge in [-0.2, -0.15) is 0 Å². The third-order valence-corrected chi connectivity index (χ3v) is 5.48. The van der Waals surface area contributed by atoms with Gasteiger partial charge in [-0.25, -0.2) is 9.37 Å². The summed E-state index contributed by atoms with van der Waals surface area (Å²) in [4.78, 5) is 20.7. The molecule has 0 aliphatic rings. The van der Waals surface area contributed by atoms with Crippen LogP contribution in [0.2, 0.25) is 5.02 Å². The fraction of sp³-hybridized carbons (Fsp3) is 0.0476. The van der Waals surface area contributed by atoms with Crippen molar-refractivity contribution in [3.63, 3.8) is 0 Å². The molecular weight excluding hydrogens is 397 g/mol. The topological polar surface area (TPSA) is 57.8 Å². The van der Waals surface area contributed by atoms with Gasteiger partial charge in [0.2, 0.25) is 5.91 Å². The molecule has 0 saturated carbocycles. The second kappa shape index (κ2) is 8.04. The fourth-order valence-corrected chi connectivity index (χ4v) is 3.94. The standard InChI is InChI=1S/C21H15ClFN3OS/c22-14-6-11-17-18(12-14)26-21(25-17)28-19(13-4-2-1-3-5-13)20(27)24-16-9-7-15(23)8-10-16/h1-12,19H,(H,24,27)(H,25,26)/t19-/m0/s1. The minimum atomic E-state index is -0.540. The van der Waals surface area contributed by atoms with Gasteiger partial charge in [-0.3, -0.25) is 4.79 Å². The highest BCUT2D eigenvalue weighted by Crippen LogP contribution is 2.36. The summed E-state index contributed by atoms with van der Waals surface area (Å²) >= 11 is 7.34. The number of amides is 1. The Labute approximate surface area is 170 Å². The van der Waals surface area contributed by atoms with E-state index in [4.69, 9.17) is 11.6 Å². The molecule has 4 aromatic rings. The first-order valence-electron chi connectivity index (χ1n) is 8.52. The first kappa shape index (κ1) is 18.5. The first-order valence-corrected chi connectivity index (χ1v) is 9.77. The van der Waals surface area contributed by atoms with Gasteiger partial charge in [-0.15, -0.1) is 0 Å². The number of nitrogens with one attached hydrogen (secondary N) is 2. The number of halogens is 2. The molecule has 1 heterocycles. The molecule has 140 valence electrons. The number of hydrogen-bond donors (Lipinski definition) is 2. The van der Waals surface area contributed by atoms with Gasteiger partial charge in [0.25, 0.3) is 0 Å². The van der Waals surface area contributed by atoms with E-state index in [-0.39, 0.29) is 11.7 Å². The smallest absolute Gasteiger partial charge is 0.242 e. The third kappa shape index (κ3) is 4.18. The predicted octanol–water partition coefficient (Wildman–Crippen LogP) is 5.83. The summed E-state index contributed by atoms with van der Waals surface area (Å²) in [6.07, 6.45) is 0. The number of thioether (sulfide) groups is 1. The second-order valence-electron chi connectivity index (χ2n) is 6.11. The molecule has 2 N–H and O–H groups in total. The lowest BCUT2D eigenvalue weighted by Gasteiger charge is -2.16.